The Morgan fingerprint density at radius 1 is 1.03 bits per heavy atom. The summed E-state index contributed by atoms with van der Waals surface area (Å²) in [5, 5.41) is 2.80. The van der Waals surface area contributed by atoms with Gasteiger partial charge in [0.1, 0.15) is 0 Å². The van der Waals surface area contributed by atoms with E-state index in [-0.39, 0.29) is 29.6 Å². The average molecular weight is 421 g/mol. The summed E-state index contributed by atoms with van der Waals surface area (Å²) in [5.41, 5.74) is 1.94. The van der Waals surface area contributed by atoms with Crippen LogP contribution < -0.4 is 14.8 Å². The SMILES string of the molecule is COc1cc(C(=O)NC(CC(=O)OC(C)C)c2ccc(C)cc2)ccc1OC(F)F. The first-order valence-corrected chi connectivity index (χ1v) is 9.39. The maximum atomic E-state index is 12.8. The van der Waals surface area contributed by atoms with Crippen molar-refractivity contribution in [2.24, 2.45) is 0 Å². The van der Waals surface area contributed by atoms with Gasteiger partial charge in [-0.2, -0.15) is 8.78 Å². The van der Waals surface area contributed by atoms with Gasteiger partial charge < -0.3 is 19.5 Å². The van der Waals surface area contributed by atoms with Crippen molar-refractivity contribution in [3.05, 3.63) is 59.2 Å². The number of hydrogen-bond donors (Lipinski definition) is 1. The number of methoxy groups -OCH3 is 1. The van der Waals surface area contributed by atoms with Gasteiger partial charge >= 0.3 is 12.6 Å². The molecule has 1 amide bonds. The lowest BCUT2D eigenvalue weighted by Crippen LogP contribution is -2.31. The number of benzene rings is 2. The number of halogens is 2. The van der Waals surface area contributed by atoms with Crippen LogP contribution >= 0.6 is 0 Å². The molecule has 1 unspecified atom stereocenters. The van der Waals surface area contributed by atoms with Gasteiger partial charge in [0.05, 0.1) is 25.7 Å². The van der Waals surface area contributed by atoms with E-state index < -0.39 is 24.5 Å². The highest BCUT2D eigenvalue weighted by Gasteiger charge is 2.22. The lowest BCUT2D eigenvalue weighted by atomic mass is 10.0. The van der Waals surface area contributed by atoms with Gasteiger partial charge in [0.15, 0.2) is 11.5 Å². The molecule has 2 aromatic rings. The third-order valence-electron chi connectivity index (χ3n) is 4.16. The van der Waals surface area contributed by atoms with Crippen LogP contribution in [-0.4, -0.2) is 31.7 Å². The van der Waals surface area contributed by atoms with E-state index in [1.165, 1.54) is 25.3 Å². The van der Waals surface area contributed by atoms with Crippen LogP contribution in [-0.2, 0) is 9.53 Å². The second kappa shape index (κ2) is 10.6. The number of carbonyl (C=O) groups excluding carboxylic acids is 2. The van der Waals surface area contributed by atoms with Gasteiger partial charge in [-0.25, -0.2) is 0 Å². The molecule has 0 aromatic heterocycles. The number of carbonyl (C=O) groups is 2. The summed E-state index contributed by atoms with van der Waals surface area (Å²) in [6.45, 7) is 2.40. The molecule has 1 N–H and O–H groups in total. The van der Waals surface area contributed by atoms with Crippen molar-refractivity contribution in [3.8, 4) is 11.5 Å². The van der Waals surface area contributed by atoms with Gasteiger partial charge in [-0.1, -0.05) is 29.8 Å². The monoisotopic (exact) mass is 421 g/mol. The van der Waals surface area contributed by atoms with Gasteiger partial charge in [0, 0.05) is 5.56 Å². The predicted molar refractivity (Wildman–Crippen MR) is 107 cm³/mol. The van der Waals surface area contributed by atoms with Crippen LogP contribution in [0.4, 0.5) is 8.78 Å². The topological polar surface area (TPSA) is 73.9 Å². The van der Waals surface area contributed by atoms with Crippen LogP contribution in [0.3, 0.4) is 0 Å². The first-order valence-electron chi connectivity index (χ1n) is 9.39. The second-order valence-electron chi connectivity index (χ2n) is 6.92. The van der Waals surface area contributed by atoms with E-state index in [2.05, 4.69) is 10.1 Å². The molecule has 0 bridgehead atoms. The molecule has 0 aliphatic carbocycles. The van der Waals surface area contributed by atoms with Gasteiger partial charge in [-0.05, 0) is 44.5 Å². The Hall–Kier alpha value is -3.16. The number of amides is 1. The molecule has 2 aromatic carbocycles. The van der Waals surface area contributed by atoms with E-state index in [4.69, 9.17) is 9.47 Å². The molecule has 0 heterocycles. The minimum Gasteiger partial charge on any atom is -0.493 e. The molecule has 30 heavy (non-hydrogen) atoms. The number of nitrogens with one attached hydrogen (secondary N) is 1. The molecule has 1 atom stereocenters. The second-order valence-corrected chi connectivity index (χ2v) is 6.92. The molecule has 0 radical (unpaired) electrons. The molecule has 0 aliphatic heterocycles. The van der Waals surface area contributed by atoms with Gasteiger partial charge in [-0.3, -0.25) is 9.59 Å². The minimum absolute atomic E-state index is 0.00551. The first-order chi connectivity index (χ1) is 14.2. The van der Waals surface area contributed by atoms with E-state index in [1.54, 1.807) is 13.8 Å². The zero-order valence-electron chi connectivity index (χ0n) is 17.3. The average Bonchev–Trinajstić information content (AvgIpc) is 2.67. The molecule has 0 spiro atoms. The van der Waals surface area contributed by atoms with Gasteiger partial charge in [-0.15, -0.1) is 0 Å². The van der Waals surface area contributed by atoms with Crippen molar-refractivity contribution in [1.82, 2.24) is 5.32 Å². The largest absolute Gasteiger partial charge is 0.493 e. The fourth-order valence-electron chi connectivity index (χ4n) is 2.77. The van der Waals surface area contributed by atoms with Crippen LogP contribution in [0.1, 0.15) is 47.8 Å². The Morgan fingerprint density at radius 3 is 2.27 bits per heavy atom. The lowest BCUT2D eigenvalue weighted by molar-refractivity contribution is -0.147. The molecule has 6 nitrogen and oxygen atoms in total. The molecule has 0 saturated heterocycles. The Morgan fingerprint density at radius 2 is 1.70 bits per heavy atom. The number of esters is 1. The summed E-state index contributed by atoms with van der Waals surface area (Å²) in [5.74, 6) is -1.14. The Labute approximate surface area is 174 Å². The summed E-state index contributed by atoms with van der Waals surface area (Å²) < 4.78 is 39.6. The standard InChI is InChI=1S/C22H25F2NO5/c1-13(2)29-20(26)12-17(15-7-5-14(3)6-8-15)25-21(27)16-9-10-18(30-22(23)24)19(11-16)28-4/h5-11,13,17,22H,12H2,1-4H3,(H,25,27). The molecular formula is C22H25F2NO5. The number of rotatable bonds is 9. The highest BCUT2D eigenvalue weighted by Crippen LogP contribution is 2.30. The number of aryl methyl sites for hydroxylation is 1. The zero-order chi connectivity index (χ0) is 22.3. The fourth-order valence-corrected chi connectivity index (χ4v) is 2.77. The maximum absolute atomic E-state index is 12.8. The fraction of sp³-hybridized carbons (Fsp3) is 0.364. The Balaban J connectivity index is 2.24. The number of alkyl halides is 2. The minimum atomic E-state index is -3.02. The smallest absolute Gasteiger partial charge is 0.387 e. The zero-order valence-corrected chi connectivity index (χ0v) is 17.3. The van der Waals surface area contributed by atoms with Crippen molar-refractivity contribution in [2.45, 2.75) is 45.9 Å². The summed E-state index contributed by atoms with van der Waals surface area (Å²) in [6, 6.07) is 10.6. The van der Waals surface area contributed by atoms with Crippen LogP contribution in [0.5, 0.6) is 11.5 Å². The van der Waals surface area contributed by atoms with Crippen LogP contribution in [0, 0.1) is 6.92 Å². The Kier molecular flexibility index (Phi) is 8.15. The van der Waals surface area contributed by atoms with E-state index in [0.29, 0.717) is 0 Å². The third kappa shape index (κ3) is 6.72. The molecule has 0 aliphatic rings. The lowest BCUT2D eigenvalue weighted by Gasteiger charge is -2.20. The molecule has 162 valence electrons. The molecule has 2 rings (SSSR count). The summed E-state index contributed by atoms with van der Waals surface area (Å²) in [4.78, 5) is 25.0. The molecule has 8 heteroatoms. The number of ether oxygens (including phenoxy) is 3. The van der Waals surface area contributed by atoms with Crippen molar-refractivity contribution < 1.29 is 32.6 Å². The van der Waals surface area contributed by atoms with Gasteiger partial charge in [0.2, 0.25) is 0 Å². The van der Waals surface area contributed by atoms with Crippen molar-refractivity contribution in [3.63, 3.8) is 0 Å². The van der Waals surface area contributed by atoms with Crippen LogP contribution in [0.15, 0.2) is 42.5 Å². The third-order valence-corrected chi connectivity index (χ3v) is 4.16. The van der Waals surface area contributed by atoms with E-state index in [1.807, 2.05) is 31.2 Å². The summed E-state index contributed by atoms with van der Waals surface area (Å²) in [7, 11) is 1.28. The number of hydrogen-bond acceptors (Lipinski definition) is 5. The highest BCUT2D eigenvalue weighted by atomic mass is 19.3. The Bertz CT molecular complexity index is 868. The summed E-state index contributed by atoms with van der Waals surface area (Å²) >= 11 is 0. The van der Waals surface area contributed by atoms with Crippen LogP contribution in [0.25, 0.3) is 0 Å². The quantitative estimate of drug-likeness (QED) is 0.607. The van der Waals surface area contributed by atoms with Gasteiger partial charge in [0.25, 0.3) is 5.91 Å². The molecular weight excluding hydrogens is 396 g/mol. The van der Waals surface area contributed by atoms with E-state index in [0.717, 1.165) is 11.1 Å². The highest BCUT2D eigenvalue weighted by molar-refractivity contribution is 5.95. The van der Waals surface area contributed by atoms with Crippen LogP contribution in [0.2, 0.25) is 0 Å². The molecule has 0 fully saturated rings. The summed E-state index contributed by atoms with van der Waals surface area (Å²) in [6.07, 6.45) is -0.338. The maximum Gasteiger partial charge on any atom is 0.387 e. The first kappa shape index (κ1) is 23.1. The molecule has 0 saturated carbocycles. The van der Waals surface area contributed by atoms with Crippen molar-refractivity contribution in [1.29, 1.82) is 0 Å². The normalized spacial score (nSPS) is 11.9. The predicted octanol–water partition coefficient (Wildman–Crippen LogP) is 4.42. The van der Waals surface area contributed by atoms with E-state index >= 15 is 0 Å². The van der Waals surface area contributed by atoms with E-state index in [9.17, 15) is 18.4 Å². The van der Waals surface area contributed by atoms with Crippen molar-refractivity contribution in [2.75, 3.05) is 7.11 Å². The van der Waals surface area contributed by atoms with Crippen molar-refractivity contribution >= 4 is 11.9 Å².